The Morgan fingerprint density at radius 2 is 2.38 bits per heavy atom. The molecule has 0 bridgehead atoms. The number of hydrogen-bond donors (Lipinski definition) is 1. The van der Waals surface area contributed by atoms with Crippen LogP contribution in [0.15, 0.2) is 22.8 Å². The van der Waals surface area contributed by atoms with Gasteiger partial charge in [-0.1, -0.05) is 0 Å². The van der Waals surface area contributed by atoms with Gasteiger partial charge in [-0.15, -0.1) is 0 Å². The first-order valence-electron chi connectivity index (χ1n) is 5.76. The van der Waals surface area contributed by atoms with Gasteiger partial charge in [0.25, 0.3) is 0 Å². The van der Waals surface area contributed by atoms with Crippen LogP contribution in [0.4, 0.5) is 0 Å². The molecule has 0 aliphatic heterocycles. The molecule has 1 aromatic heterocycles. The lowest BCUT2D eigenvalue weighted by molar-refractivity contribution is -0.140. The monoisotopic (exact) mass is 222 g/mol. The molecule has 4 nitrogen and oxygen atoms in total. The van der Waals surface area contributed by atoms with Gasteiger partial charge >= 0.3 is 0 Å². The van der Waals surface area contributed by atoms with Crippen LogP contribution < -0.4 is 5.73 Å². The summed E-state index contributed by atoms with van der Waals surface area (Å²) in [4.78, 5) is 13.9. The maximum absolute atomic E-state index is 12.2. The zero-order valence-corrected chi connectivity index (χ0v) is 9.61. The normalized spacial score (nSPS) is 17.9. The first kappa shape index (κ1) is 11.2. The van der Waals surface area contributed by atoms with E-state index in [2.05, 4.69) is 0 Å². The smallest absolute Gasteiger partial charge is 0.243 e. The second-order valence-electron chi connectivity index (χ2n) is 4.41. The van der Waals surface area contributed by atoms with Crippen molar-refractivity contribution >= 4 is 5.91 Å². The Morgan fingerprint density at radius 3 is 2.81 bits per heavy atom. The number of amides is 1. The van der Waals surface area contributed by atoms with Crippen LogP contribution in [0.2, 0.25) is 0 Å². The zero-order chi connectivity index (χ0) is 11.6. The largest absolute Gasteiger partial charge is 0.467 e. The lowest BCUT2D eigenvalue weighted by Gasteiger charge is -2.39. The summed E-state index contributed by atoms with van der Waals surface area (Å²) in [6.45, 7) is 3.14. The first-order valence-corrected chi connectivity index (χ1v) is 5.76. The number of nitrogens with zero attached hydrogens (tertiary/aromatic N) is 1. The maximum atomic E-state index is 12.2. The lowest BCUT2D eigenvalue weighted by Crippen LogP contribution is -2.59. The van der Waals surface area contributed by atoms with Gasteiger partial charge in [-0.3, -0.25) is 4.79 Å². The van der Waals surface area contributed by atoms with E-state index in [1.807, 2.05) is 19.1 Å². The van der Waals surface area contributed by atoms with E-state index < -0.39 is 5.54 Å². The molecular formula is C12H18N2O2. The average Bonchev–Trinajstić information content (AvgIpc) is 2.74. The van der Waals surface area contributed by atoms with E-state index in [9.17, 15) is 4.79 Å². The van der Waals surface area contributed by atoms with Gasteiger partial charge in [-0.05, 0) is 38.3 Å². The molecule has 0 aromatic carbocycles. The molecule has 0 unspecified atom stereocenters. The standard InChI is InChI=1S/C12H18N2O2/c1-2-14(9-10-5-3-8-16-10)11(15)12(13)6-4-7-12/h3,5,8H,2,4,6-7,9,13H2,1H3. The fourth-order valence-electron chi connectivity index (χ4n) is 2.00. The molecular weight excluding hydrogens is 204 g/mol. The van der Waals surface area contributed by atoms with Crippen LogP contribution in [0.3, 0.4) is 0 Å². The number of carbonyl (C=O) groups is 1. The molecule has 1 heterocycles. The highest BCUT2D eigenvalue weighted by Crippen LogP contribution is 2.31. The molecule has 4 heteroatoms. The van der Waals surface area contributed by atoms with Gasteiger partial charge in [0.15, 0.2) is 0 Å². The van der Waals surface area contributed by atoms with E-state index in [4.69, 9.17) is 10.2 Å². The molecule has 2 N–H and O–H groups in total. The summed E-state index contributed by atoms with van der Waals surface area (Å²) in [6.07, 6.45) is 4.29. The summed E-state index contributed by atoms with van der Waals surface area (Å²) in [6, 6.07) is 3.70. The van der Waals surface area contributed by atoms with Gasteiger partial charge in [0.1, 0.15) is 5.76 Å². The van der Waals surface area contributed by atoms with Crippen molar-refractivity contribution in [1.29, 1.82) is 0 Å². The van der Waals surface area contributed by atoms with Crippen LogP contribution in [0.1, 0.15) is 31.9 Å². The van der Waals surface area contributed by atoms with Crippen LogP contribution >= 0.6 is 0 Å². The maximum Gasteiger partial charge on any atom is 0.243 e. The van der Waals surface area contributed by atoms with Crippen molar-refractivity contribution in [2.45, 2.75) is 38.3 Å². The van der Waals surface area contributed by atoms with Gasteiger partial charge < -0.3 is 15.1 Å². The number of likely N-dealkylation sites (N-methyl/N-ethyl adjacent to an activating group) is 1. The number of carbonyl (C=O) groups excluding carboxylic acids is 1. The number of nitrogens with two attached hydrogens (primary N) is 1. The Balaban J connectivity index is 2.02. The third kappa shape index (κ3) is 1.97. The van der Waals surface area contributed by atoms with Crippen molar-refractivity contribution in [2.75, 3.05) is 6.54 Å². The van der Waals surface area contributed by atoms with Crippen LogP contribution in [-0.4, -0.2) is 22.9 Å². The summed E-state index contributed by atoms with van der Waals surface area (Å²) >= 11 is 0. The van der Waals surface area contributed by atoms with Gasteiger partial charge in [-0.25, -0.2) is 0 Å². The van der Waals surface area contributed by atoms with Crippen molar-refractivity contribution < 1.29 is 9.21 Å². The van der Waals surface area contributed by atoms with Crippen molar-refractivity contribution in [2.24, 2.45) is 5.73 Å². The molecule has 16 heavy (non-hydrogen) atoms. The fraction of sp³-hybridized carbons (Fsp3) is 0.583. The highest BCUT2D eigenvalue weighted by Gasteiger charge is 2.42. The van der Waals surface area contributed by atoms with Crippen molar-refractivity contribution in [3.05, 3.63) is 24.2 Å². The van der Waals surface area contributed by atoms with Gasteiger partial charge in [0, 0.05) is 6.54 Å². The average molecular weight is 222 g/mol. The Labute approximate surface area is 95.4 Å². The Morgan fingerprint density at radius 1 is 1.62 bits per heavy atom. The minimum absolute atomic E-state index is 0.0534. The van der Waals surface area contributed by atoms with E-state index in [0.717, 1.165) is 25.0 Å². The molecule has 0 spiro atoms. The fourth-order valence-corrected chi connectivity index (χ4v) is 2.00. The first-order chi connectivity index (χ1) is 7.65. The minimum Gasteiger partial charge on any atom is -0.467 e. The van der Waals surface area contributed by atoms with Gasteiger partial charge in [0.05, 0.1) is 18.3 Å². The molecule has 0 atom stereocenters. The van der Waals surface area contributed by atoms with Crippen LogP contribution in [-0.2, 0) is 11.3 Å². The predicted molar refractivity (Wildman–Crippen MR) is 60.6 cm³/mol. The Bertz CT molecular complexity index is 355. The van der Waals surface area contributed by atoms with Gasteiger partial charge in [-0.2, -0.15) is 0 Å². The summed E-state index contributed by atoms with van der Waals surface area (Å²) in [5, 5.41) is 0. The summed E-state index contributed by atoms with van der Waals surface area (Å²) < 4.78 is 5.25. The topological polar surface area (TPSA) is 59.5 Å². The van der Waals surface area contributed by atoms with E-state index in [1.165, 1.54) is 0 Å². The molecule has 1 fully saturated rings. The van der Waals surface area contributed by atoms with Crippen molar-refractivity contribution in [3.8, 4) is 0 Å². The molecule has 2 rings (SSSR count). The SMILES string of the molecule is CCN(Cc1ccco1)C(=O)C1(N)CCC1. The molecule has 88 valence electrons. The van der Waals surface area contributed by atoms with Gasteiger partial charge in [0.2, 0.25) is 5.91 Å². The molecule has 0 radical (unpaired) electrons. The van der Waals surface area contributed by atoms with Crippen molar-refractivity contribution in [3.63, 3.8) is 0 Å². The summed E-state index contributed by atoms with van der Waals surface area (Å²) in [5.74, 6) is 0.857. The summed E-state index contributed by atoms with van der Waals surface area (Å²) in [7, 11) is 0. The molecule has 1 amide bonds. The number of rotatable bonds is 4. The molecule has 1 saturated carbocycles. The van der Waals surface area contributed by atoms with E-state index in [0.29, 0.717) is 13.1 Å². The summed E-state index contributed by atoms with van der Waals surface area (Å²) in [5.41, 5.74) is 5.42. The predicted octanol–water partition coefficient (Wildman–Crippen LogP) is 1.51. The highest BCUT2D eigenvalue weighted by molar-refractivity contribution is 5.87. The number of furan rings is 1. The second-order valence-corrected chi connectivity index (χ2v) is 4.41. The third-order valence-electron chi connectivity index (χ3n) is 3.27. The van der Waals surface area contributed by atoms with Crippen LogP contribution in [0, 0.1) is 0 Å². The lowest BCUT2D eigenvalue weighted by atomic mass is 9.76. The zero-order valence-electron chi connectivity index (χ0n) is 9.61. The Kier molecular flexibility index (Phi) is 3.01. The van der Waals surface area contributed by atoms with E-state index >= 15 is 0 Å². The third-order valence-corrected chi connectivity index (χ3v) is 3.27. The van der Waals surface area contributed by atoms with Crippen LogP contribution in [0.25, 0.3) is 0 Å². The Hall–Kier alpha value is -1.29. The molecule has 0 saturated heterocycles. The molecule has 1 aromatic rings. The van der Waals surface area contributed by atoms with Crippen LogP contribution in [0.5, 0.6) is 0 Å². The quantitative estimate of drug-likeness (QED) is 0.840. The van der Waals surface area contributed by atoms with Crippen molar-refractivity contribution in [1.82, 2.24) is 4.90 Å². The highest BCUT2D eigenvalue weighted by atomic mass is 16.3. The number of hydrogen-bond acceptors (Lipinski definition) is 3. The molecule has 1 aliphatic carbocycles. The second kappa shape index (κ2) is 4.29. The van der Waals surface area contributed by atoms with E-state index in [1.54, 1.807) is 11.2 Å². The molecule has 1 aliphatic rings. The minimum atomic E-state index is -0.609. The van der Waals surface area contributed by atoms with E-state index in [-0.39, 0.29) is 5.91 Å².